The maximum Gasteiger partial charge on any atom is 0.270 e. The Hall–Kier alpha value is -2.31. The van der Waals surface area contributed by atoms with Crippen molar-refractivity contribution in [2.45, 2.75) is 26.7 Å². The van der Waals surface area contributed by atoms with Gasteiger partial charge >= 0.3 is 0 Å². The SMILES string of the molecule is Cc1ccc(/C=C2\C(=O)NC(=S)N(c3ccc(C(C)C)cc3)C2=O)s1. The fourth-order valence-corrected chi connectivity index (χ4v) is 3.68. The molecular weight excluding hydrogens is 352 g/mol. The Bertz CT molecular complexity index is 879. The summed E-state index contributed by atoms with van der Waals surface area (Å²) in [6, 6.07) is 11.5. The molecule has 25 heavy (non-hydrogen) atoms. The molecular formula is C19H18N2O2S2. The summed E-state index contributed by atoms with van der Waals surface area (Å²) < 4.78 is 0. The van der Waals surface area contributed by atoms with Crippen molar-refractivity contribution >= 4 is 52.2 Å². The van der Waals surface area contributed by atoms with Crippen LogP contribution < -0.4 is 10.2 Å². The Morgan fingerprint density at radius 1 is 1.12 bits per heavy atom. The van der Waals surface area contributed by atoms with E-state index in [1.807, 2.05) is 43.3 Å². The molecule has 1 saturated heterocycles. The molecule has 2 heterocycles. The predicted molar refractivity (Wildman–Crippen MR) is 106 cm³/mol. The maximum atomic E-state index is 12.9. The van der Waals surface area contributed by atoms with Crippen LogP contribution in [0.25, 0.3) is 6.08 Å². The van der Waals surface area contributed by atoms with Crippen LogP contribution in [0.15, 0.2) is 42.0 Å². The van der Waals surface area contributed by atoms with Crippen molar-refractivity contribution in [1.82, 2.24) is 5.32 Å². The van der Waals surface area contributed by atoms with Gasteiger partial charge in [0.05, 0.1) is 5.69 Å². The van der Waals surface area contributed by atoms with E-state index in [1.54, 1.807) is 6.08 Å². The highest BCUT2D eigenvalue weighted by atomic mass is 32.1. The van der Waals surface area contributed by atoms with Crippen molar-refractivity contribution in [2.24, 2.45) is 0 Å². The Morgan fingerprint density at radius 2 is 1.80 bits per heavy atom. The average Bonchev–Trinajstić information content (AvgIpc) is 2.97. The van der Waals surface area contributed by atoms with Crippen molar-refractivity contribution in [2.75, 3.05) is 4.90 Å². The number of nitrogens with zero attached hydrogens (tertiary/aromatic N) is 1. The molecule has 1 aliphatic heterocycles. The van der Waals surface area contributed by atoms with Crippen LogP contribution in [0.4, 0.5) is 5.69 Å². The molecule has 2 aromatic rings. The molecule has 1 N–H and O–H groups in total. The van der Waals surface area contributed by atoms with Gasteiger partial charge in [0.25, 0.3) is 11.8 Å². The van der Waals surface area contributed by atoms with Crippen LogP contribution in [-0.2, 0) is 9.59 Å². The number of anilines is 1. The summed E-state index contributed by atoms with van der Waals surface area (Å²) in [5.41, 5.74) is 1.91. The molecule has 0 aliphatic carbocycles. The smallest absolute Gasteiger partial charge is 0.270 e. The van der Waals surface area contributed by atoms with E-state index >= 15 is 0 Å². The second-order valence-electron chi connectivity index (χ2n) is 6.15. The maximum absolute atomic E-state index is 12.9. The quantitative estimate of drug-likeness (QED) is 0.504. The van der Waals surface area contributed by atoms with E-state index in [0.717, 1.165) is 9.75 Å². The van der Waals surface area contributed by atoms with Crippen molar-refractivity contribution in [3.05, 3.63) is 57.3 Å². The highest BCUT2D eigenvalue weighted by Crippen LogP contribution is 2.25. The normalized spacial score (nSPS) is 16.7. The van der Waals surface area contributed by atoms with Crippen LogP contribution in [0.5, 0.6) is 0 Å². The number of amides is 2. The average molecular weight is 370 g/mol. The molecule has 2 amide bonds. The zero-order chi connectivity index (χ0) is 18.1. The number of carbonyl (C=O) groups excluding carboxylic acids is 2. The molecule has 0 saturated carbocycles. The van der Waals surface area contributed by atoms with Crippen LogP contribution in [0.1, 0.15) is 35.1 Å². The number of hydrogen-bond acceptors (Lipinski definition) is 4. The minimum Gasteiger partial charge on any atom is -0.298 e. The van der Waals surface area contributed by atoms with Gasteiger partial charge in [-0.05, 0) is 61.0 Å². The van der Waals surface area contributed by atoms with Gasteiger partial charge in [-0.2, -0.15) is 0 Å². The predicted octanol–water partition coefficient (Wildman–Crippen LogP) is 4.01. The Kier molecular flexibility index (Phi) is 4.83. The molecule has 1 aromatic carbocycles. The third kappa shape index (κ3) is 3.55. The Labute approximate surface area is 156 Å². The van der Waals surface area contributed by atoms with Crippen LogP contribution in [0, 0.1) is 6.92 Å². The van der Waals surface area contributed by atoms with E-state index in [-0.39, 0.29) is 10.7 Å². The second-order valence-corrected chi connectivity index (χ2v) is 7.86. The monoisotopic (exact) mass is 370 g/mol. The lowest BCUT2D eigenvalue weighted by Gasteiger charge is -2.29. The van der Waals surface area contributed by atoms with Gasteiger partial charge in [-0.1, -0.05) is 26.0 Å². The molecule has 0 radical (unpaired) electrons. The number of rotatable bonds is 3. The molecule has 128 valence electrons. The van der Waals surface area contributed by atoms with Gasteiger partial charge in [-0.25, -0.2) is 0 Å². The number of carbonyl (C=O) groups is 2. The first-order valence-electron chi connectivity index (χ1n) is 7.94. The van der Waals surface area contributed by atoms with E-state index in [2.05, 4.69) is 19.2 Å². The van der Waals surface area contributed by atoms with E-state index in [0.29, 0.717) is 11.6 Å². The van der Waals surface area contributed by atoms with Gasteiger partial charge < -0.3 is 0 Å². The first-order valence-corrected chi connectivity index (χ1v) is 9.17. The number of thiocarbonyl (C=S) groups is 1. The number of hydrogen-bond donors (Lipinski definition) is 1. The third-order valence-electron chi connectivity index (χ3n) is 3.97. The standard InChI is InChI=1S/C19H18N2O2S2/c1-11(2)13-5-7-14(8-6-13)21-18(23)16(17(22)20-19(21)24)10-15-9-4-12(3)25-15/h4-11H,1-3H3,(H,20,22,24)/b16-10+. The minimum atomic E-state index is -0.462. The largest absolute Gasteiger partial charge is 0.298 e. The minimum absolute atomic E-state index is 0.0865. The fraction of sp³-hybridized carbons (Fsp3) is 0.211. The molecule has 1 aliphatic rings. The zero-order valence-electron chi connectivity index (χ0n) is 14.2. The van der Waals surface area contributed by atoms with Crippen molar-refractivity contribution < 1.29 is 9.59 Å². The lowest BCUT2D eigenvalue weighted by molar-refractivity contribution is -0.122. The van der Waals surface area contributed by atoms with Crippen molar-refractivity contribution in [3.8, 4) is 0 Å². The summed E-state index contributed by atoms with van der Waals surface area (Å²) in [6.07, 6.45) is 1.62. The number of thiophene rings is 1. The topological polar surface area (TPSA) is 49.4 Å². The van der Waals surface area contributed by atoms with E-state index < -0.39 is 11.8 Å². The molecule has 1 aromatic heterocycles. The van der Waals surface area contributed by atoms with Crippen LogP contribution in [0.3, 0.4) is 0 Å². The van der Waals surface area contributed by atoms with Gasteiger partial charge in [-0.15, -0.1) is 11.3 Å². The molecule has 0 spiro atoms. The lowest BCUT2D eigenvalue weighted by atomic mass is 10.0. The molecule has 0 unspecified atom stereocenters. The number of aryl methyl sites for hydroxylation is 1. The molecule has 0 atom stereocenters. The van der Waals surface area contributed by atoms with E-state index in [9.17, 15) is 9.59 Å². The fourth-order valence-electron chi connectivity index (χ4n) is 2.57. The van der Waals surface area contributed by atoms with Gasteiger partial charge in [0.15, 0.2) is 5.11 Å². The molecule has 3 rings (SSSR count). The Balaban J connectivity index is 1.96. The van der Waals surface area contributed by atoms with Crippen LogP contribution in [-0.4, -0.2) is 16.9 Å². The van der Waals surface area contributed by atoms with Gasteiger partial charge in [0, 0.05) is 9.75 Å². The first-order chi connectivity index (χ1) is 11.9. The summed E-state index contributed by atoms with van der Waals surface area (Å²) in [6.45, 7) is 6.19. The summed E-state index contributed by atoms with van der Waals surface area (Å²) in [4.78, 5) is 28.5. The third-order valence-corrected chi connectivity index (χ3v) is 5.20. The van der Waals surface area contributed by atoms with Gasteiger partial charge in [0.2, 0.25) is 0 Å². The molecule has 6 heteroatoms. The van der Waals surface area contributed by atoms with Crippen LogP contribution >= 0.6 is 23.6 Å². The van der Waals surface area contributed by atoms with Crippen molar-refractivity contribution in [3.63, 3.8) is 0 Å². The van der Waals surface area contributed by atoms with Gasteiger partial charge in [0.1, 0.15) is 5.57 Å². The molecule has 0 bridgehead atoms. The van der Waals surface area contributed by atoms with Crippen molar-refractivity contribution in [1.29, 1.82) is 0 Å². The summed E-state index contributed by atoms with van der Waals surface area (Å²) in [5, 5.41) is 2.71. The number of nitrogens with one attached hydrogen (secondary N) is 1. The highest BCUT2D eigenvalue weighted by molar-refractivity contribution is 7.80. The van der Waals surface area contributed by atoms with Gasteiger partial charge in [-0.3, -0.25) is 19.8 Å². The lowest BCUT2D eigenvalue weighted by Crippen LogP contribution is -2.54. The molecule has 1 fully saturated rings. The summed E-state index contributed by atoms with van der Waals surface area (Å²) >= 11 is 6.75. The second kappa shape index (κ2) is 6.90. The number of benzene rings is 1. The van der Waals surface area contributed by atoms with E-state index in [4.69, 9.17) is 12.2 Å². The zero-order valence-corrected chi connectivity index (χ0v) is 15.8. The molecule has 4 nitrogen and oxygen atoms in total. The Morgan fingerprint density at radius 3 is 2.36 bits per heavy atom. The first kappa shape index (κ1) is 17.5. The van der Waals surface area contributed by atoms with Crippen LogP contribution in [0.2, 0.25) is 0 Å². The highest BCUT2D eigenvalue weighted by Gasteiger charge is 2.34. The summed E-state index contributed by atoms with van der Waals surface area (Å²) in [7, 11) is 0. The summed E-state index contributed by atoms with van der Waals surface area (Å²) in [5.74, 6) is -0.469. The van der Waals surface area contributed by atoms with E-state index in [1.165, 1.54) is 21.8 Å².